The van der Waals surface area contributed by atoms with Gasteiger partial charge in [0.05, 0.1) is 11.5 Å². The van der Waals surface area contributed by atoms with Gasteiger partial charge in [-0.3, -0.25) is 24.0 Å². The van der Waals surface area contributed by atoms with Gasteiger partial charge in [0.15, 0.2) is 11.7 Å². The van der Waals surface area contributed by atoms with Gasteiger partial charge in [0, 0.05) is 62.7 Å². The maximum atomic E-state index is 14.9. The Morgan fingerprint density at radius 1 is 0.824 bits per heavy atom. The fourth-order valence-electron chi connectivity index (χ4n) is 13.1. The second kappa shape index (κ2) is 10.1. The number of rotatable bonds is 4. The largest absolute Gasteiger partial charge is 0.462 e. The van der Waals surface area contributed by atoms with Crippen LogP contribution in [0.15, 0.2) is 0 Å². The molecule has 0 aromatic carbocycles. The molecule has 8 aliphatic rings. The van der Waals surface area contributed by atoms with E-state index < -0.39 is 147 Å². The Labute approximate surface area is 294 Å². The van der Waals surface area contributed by atoms with Crippen LogP contribution in [-0.2, 0) is 61.9 Å². The van der Waals surface area contributed by atoms with E-state index in [-0.39, 0.29) is 12.8 Å². The quantitative estimate of drug-likeness (QED) is 0.233. The Hall–Kier alpha value is -3.14. The molecule has 0 radical (unpaired) electrons. The van der Waals surface area contributed by atoms with Crippen molar-refractivity contribution in [3.63, 3.8) is 0 Å². The summed E-state index contributed by atoms with van der Waals surface area (Å²) in [6.45, 7) is 13.3. The molecule has 1 spiro atoms. The number of carbonyl (C=O) groups excluding carboxylic acids is 6. The summed E-state index contributed by atoms with van der Waals surface area (Å²) in [6.07, 6.45) is -6.84. The first-order valence-electron chi connectivity index (χ1n) is 17.8. The number of aliphatic hydroxyl groups is 2. The summed E-state index contributed by atoms with van der Waals surface area (Å²) >= 11 is 0. The van der Waals surface area contributed by atoms with Crippen molar-refractivity contribution in [2.75, 3.05) is 0 Å². The summed E-state index contributed by atoms with van der Waals surface area (Å²) < 4.78 is 42.3. The van der Waals surface area contributed by atoms with Gasteiger partial charge in [0.2, 0.25) is 11.6 Å². The molecule has 51 heavy (non-hydrogen) atoms. The lowest BCUT2D eigenvalue weighted by Gasteiger charge is -2.65. The van der Waals surface area contributed by atoms with Crippen molar-refractivity contribution >= 4 is 35.6 Å². The maximum Gasteiger partial charge on any atom is 0.341 e. The normalized spacial score (nSPS) is 56.6. The van der Waals surface area contributed by atoms with Crippen LogP contribution in [0.1, 0.15) is 75.2 Å². The first kappa shape index (κ1) is 34.9. The molecule has 0 aromatic rings. The van der Waals surface area contributed by atoms with Crippen LogP contribution in [0.5, 0.6) is 0 Å². The lowest BCUT2D eigenvalue weighted by molar-refractivity contribution is -0.269. The second-order valence-electron chi connectivity index (χ2n) is 17.2. The lowest BCUT2D eigenvalue weighted by Crippen LogP contribution is -2.77. The summed E-state index contributed by atoms with van der Waals surface area (Å²) in [4.78, 5) is 80.1. The first-order chi connectivity index (χ1) is 23.5. The summed E-state index contributed by atoms with van der Waals surface area (Å²) in [5.74, 6) is -10.7. The van der Waals surface area contributed by atoms with E-state index in [0.29, 0.717) is 0 Å². The third-order valence-electron chi connectivity index (χ3n) is 15.2. The fraction of sp³-hybridized carbons (Fsp3) is 0.833. The summed E-state index contributed by atoms with van der Waals surface area (Å²) in [5.41, 5.74) is -8.60. The second-order valence-corrected chi connectivity index (χ2v) is 17.2. The number of Topliss-reactive ketones (excluding diaryl/α,β-unsaturated/α-hetero) is 1. The van der Waals surface area contributed by atoms with Crippen LogP contribution in [-0.4, -0.2) is 106 Å². The number of carbonyl (C=O) groups is 6. The summed E-state index contributed by atoms with van der Waals surface area (Å²) in [5, 5.41) is 24.7. The molecule has 8 rings (SSSR count). The van der Waals surface area contributed by atoms with Crippen LogP contribution < -0.4 is 0 Å². The van der Waals surface area contributed by atoms with Gasteiger partial charge < -0.3 is 43.4 Å². The molecular weight excluding hydrogens is 672 g/mol. The van der Waals surface area contributed by atoms with Gasteiger partial charge in [-0.05, 0) is 38.0 Å². The molecule has 2 N–H and O–H groups in total. The Morgan fingerprint density at radius 2 is 1.43 bits per heavy atom. The fourth-order valence-corrected chi connectivity index (χ4v) is 13.1. The topological polar surface area (TPSA) is 214 Å². The van der Waals surface area contributed by atoms with Gasteiger partial charge in [-0.25, -0.2) is 4.79 Å². The summed E-state index contributed by atoms with van der Waals surface area (Å²) in [7, 11) is 0. The minimum absolute atomic E-state index is 0.0260. The number of ether oxygens (including phenoxy) is 7. The molecule has 0 aromatic heterocycles. The van der Waals surface area contributed by atoms with Crippen molar-refractivity contribution < 1.29 is 72.1 Å². The molecular formula is C36H46O15. The first-order valence-corrected chi connectivity index (χ1v) is 17.8. The third-order valence-corrected chi connectivity index (χ3v) is 15.2. The van der Waals surface area contributed by atoms with Crippen molar-refractivity contribution in [3.05, 3.63) is 0 Å². The van der Waals surface area contributed by atoms with Crippen molar-refractivity contribution in [1.82, 2.24) is 0 Å². The lowest BCUT2D eigenvalue weighted by atomic mass is 9.40. The van der Waals surface area contributed by atoms with E-state index in [1.54, 1.807) is 13.8 Å². The standard InChI is InChI=1S/C36H46O15/c1-12-21-23(33(8)34(9,43)30(42)51-36(33)28(12)50-36)26(47-15(4)39)22-20-17(10-19(31(21,22)6)45-13(2)37)32(7)29(48-16(5)40)24-18(49-24)11-35(32,44)27(41)25(20)46-14(3)38/h12,17-26,28-29,43-44H,10-11H2,1-9H3/t12-,17?,18-,19-,20?,21-,22+,23-,24-,25?,26+,28+,29-,31+,32-,33-,34+,35-,36-/m0/s1. The number of fused-ring (bicyclic) bond motifs is 9. The Morgan fingerprint density at radius 3 is 2.02 bits per heavy atom. The molecule has 280 valence electrons. The molecule has 5 saturated carbocycles. The van der Waals surface area contributed by atoms with E-state index >= 15 is 0 Å². The van der Waals surface area contributed by atoms with Gasteiger partial charge in [-0.15, -0.1) is 0 Å². The number of hydrogen-bond donors (Lipinski definition) is 2. The highest BCUT2D eigenvalue weighted by Crippen LogP contribution is 2.81. The highest BCUT2D eigenvalue weighted by molar-refractivity contribution is 5.95. The van der Waals surface area contributed by atoms with E-state index in [1.807, 2.05) is 13.8 Å². The zero-order valence-electron chi connectivity index (χ0n) is 30.1. The highest BCUT2D eigenvalue weighted by atomic mass is 16.8. The van der Waals surface area contributed by atoms with Crippen molar-refractivity contribution in [1.29, 1.82) is 0 Å². The van der Waals surface area contributed by atoms with Crippen molar-refractivity contribution in [2.45, 2.75) is 135 Å². The van der Waals surface area contributed by atoms with Crippen LogP contribution >= 0.6 is 0 Å². The third kappa shape index (κ3) is 3.83. The zero-order valence-corrected chi connectivity index (χ0v) is 30.1. The molecule has 3 saturated heterocycles. The average Bonchev–Trinajstić information content (AvgIpc) is 3.91. The van der Waals surface area contributed by atoms with Gasteiger partial charge in [-0.2, -0.15) is 0 Å². The molecule has 0 bridgehead atoms. The average molecular weight is 719 g/mol. The van der Waals surface area contributed by atoms with E-state index in [4.69, 9.17) is 33.2 Å². The highest BCUT2D eigenvalue weighted by Gasteiger charge is 2.93. The minimum atomic E-state index is -2.21. The van der Waals surface area contributed by atoms with E-state index in [0.717, 1.165) is 6.92 Å². The molecule has 5 aliphatic carbocycles. The molecule has 3 heterocycles. The molecule has 3 aliphatic heterocycles. The molecule has 3 unspecified atom stereocenters. The van der Waals surface area contributed by atoms with Crippen LogP contribution in [0.3, 0.4) is 0 Å². The minimum Gasteiger partial charge on any atom is -0.462 e. The Kier molecular flexibility index (Phi) is 6.90. The Bertz CT molecular complexity index is 1670. The van der Waals surface area contributed by atoms with Crippen molar-refractivity contribution in [3.8, 4) is 0 Å². The van der Waals surface area contributed by atoms with Crippen LogP contribution in [0.25, 0.3) is 0 Å². The Balaban J connectivity index is 1.40. The molecule has 19 atom stereocenters. The van der Waals surface area contributed by atoms with E-state index in [1.165, 1.54) is 27.7 Å². The predicted octanol–water partition coefficient (Wildman–Crippen LogP) is 0.768. The number of esters is 5. The zero-order chi connectivity index (χ0) is 37.3. The van der Waals surface area contributed by atoms with Crippen LogP contribution in [0.2, 0.25) is 0 Å². The van der Waals surface area contributed by atoms with Crippen LogP contribution in [0.4, 0.5) is 0 Å². The molecule has 15 heteroatoms. The van der Waals surface area contributed by atoms with Gasteiger partial charge >= 0.3 is 29.8 Å². The number of epoxide rings is 2. The van der Waals surface area contributed by atoms with Crippen LogP contribution in [0, 0.1) is 51.8 Å². The van der Waals surface area contributed by atoms with Gasteiger partial charge in [0.1, 0.15) is 36.1 Å². The van der Waals surface area contributed by atoms with Gasteiger partial charge in [0.25, 0.3) is 0 Å². The predicted molar refractivity (Wildman–Crippen MR) is 165 cm³/mol. The molecule has 0 amide bonds. The van der Waals surface area contributed by atoms with E-state index in [9.17, 15) is 39.0 Å². The monoisotopic (exact) mass is 718 g/mol. The van der Waals surface area contributed by atoms with Gasteiger partial charge in [-0.1, -0.05) is 20.8 Å². The molecule has 8 fully saturated rings. The smallest absolute Gasteiger partial charge is 0.341 e. The van der Waals surface area contributed by atoms with E-state index in [2.05, 4.69) is 0 Å². The molecule has 15 nitrogen and oxygen atoms in total. The number of hydrogen-bond acceptors (Lipinski definition) is 15. The maximum absolute atomic E-state index is 14.9. The SMILES string of the molecule is CC(=O)OC1C(=O)[C@@]2(O)C[C@@H]3O[C@@H]3[C@H](OC(C)=O)[C@]2(C)C2C[C@H](OC(C)=O)[C@]3(C)[C@H]4[C@H](C)[C@H]5O[C@]56OC(=O)[C@@](C)(O)[C@]6(C)[C@@H]4[C@H](OC(C)=O)[C@H]3C12. The summed E-state index contributed by atoms with van der Waals surface area (Å²) in [6, 6.07) is 0. The van der Waals surface area contributed by atoms with Crippen molar-refractivity contribution in [2.24, 2.45) is 51.8 Å². The number of ketones is 1.